The first kappa shape index (κ1) is 11.5. The zero-order valence-electron chi connectivity index (χ0n) is 8.10. The lowest BCUT2D eigenvalue weighted by Gasteiger charge is -1.91. The van der Waals surface area contributed by atoms with Gasteiger partial charge in [0.25, 0.3) is 5.24 Å². The van der Waals surface area contributed by atoms with Crippen LogP contribution < -0.4 is 0 Å². The molecular weight excluding hydrogens is 270 g/mol. The van der Waals surface area contributed by atoms with Gasteiger partial charge in [-0.05, 0) is 29.8 Å². The van der Waals surface area contributed by atoms with E-state index in [4.69, 9.17) is 11.6 Å². The van der Waals surface area contributed by atoms with Crippen molar-refractivity contribution in [2.75, 3.05) is 6.26 Å². The highest BCUT2D eigenvalue weighted by Crippen LogP contribution is 2.26. The summed E-state index contributed by atoms with van der Waals surface area (Å²) in [6.07, 6.45) is 1.10. The molecule has 0 saturated heterocycles. The van der Waals surface area contributed by atoms with E-state index in [1.165, 1.54) is 12.1 Å². The Balaban J connectivity index is 2.68. The van der Waals surface area contributed by atoms with Crippen LogP contribution in [0.3, 0.4) is 0 Å². The van der Waals surface area contributed by atoms with Crippen LogP contribution in [0.15, 0.2) is 22.5 Å². The molecular formula is C9H6ClNO3S2. The number of thiazole rings is 1. The molecule has 1 heterocycles. The van der Waals surface area contributed by atoms with Gasteiger partial charge < -0.3 is 0 Å². The minimum atomic E-state index is -3.31. The molecule has 0 spiro atoms. The fourth-order valence-electron chi connectivity index (χ4n) is 1.18. The molecule has 84 valence electrons. The summed E-state index contributed by atoms with van der Waals surface area (Å²) < 4.78 is 23.2. The Bertz CT molecular complexity index is 675. The quantitative estimate of drug-likeness (QED) is 0.787. The van der Waals surface area contributed by atoms with Crippen molar-refractivity contribution in [3.8, 4) is 0 Å². The number of halogens is 1. The Labute approximate surface area is 101 Å². The fourth-order valence-corrected chi connectivity index (χ4v) is 3.18. The highest BCUT2D eigenvalue weighted by Gasteiger charge is 2.14. The number of nitrogens with zero attached hydrogens (tertiary/aromatic N) is 1. The van der Waals surface area contributed by atoms with Gasteiger partial charge in [0.2, 0.25) is 14.2 Å². The van der Waals surface area contributed by atoms with Crippen LogP contribution in [-0.4, -0.2) is 24.9 Å². The Morgan fingerprint density at radius 2 is 2.12 bits per heavy atom. The minimum Gasteiger partial charge on any atom is -0.276 e. The van der Waals surface area contributed by atoms with E-state index in [2.05, 4.69) is 4.98 Å². The maximum atomic E-state index is 11.3. The fraction of sp³-hybridized carbons (Fsp3) is 0.111. The normalized spacial score (nSPS) is 11.9. The highest BCUT2D eigenvalue weighted by molar-refractivity contribution is 7.92. The molecule has 1 aromatic heterocycles. The van der Waals surface area contributed by atoms with Gasteiger partial charge >= 0.3 is 0 Å². The molecule has 0 saturated carbocycles. The first-order valence-electron chi connectivity index (χ1n) is 4.18. The summed E-state index contributed by atoms with van der Waals surface area (Å²) in [7, 11) is -3.31. The van der Waals surface area contributed by atoms with E-state index in [1.807, 2.05) is 0 Å². The van der Waals surface area contributed by atoms with Gasteiger partial charge in [0.05, 0.1) is 10.2 Å². The molecule has 0 atom stereocenters. The largest absolute Gasteiger partial charge is 0.276 e. The molecule has 0 aliphatic carbocycles. The van der Waals surface area contributed by atoms with Crippen LogP contribution in [-0.2, 0) is 9.84 Å². The van der Waals surface area contributed by atoms with Crippen molar-refractivity contribution in [1.29, 1.82) is 0 Å². The third kappa shape index (κ3) is 2.09. The van der Waals surface area contributed by atoms with Crippen molar-refractivity contribution >= 4 is 48.2 Å². The van der Waals surface area contributed by atoms with E-state index < -0.39 is 15.1 Å². The molecule has 16 heavy (non-hydrogen) atoms. The van der Waals surface area contributed by atoms with Gasteiger partial charge in [0.1, 0.15) is 0 Å². The number of benzene rings is 1. The van der Waals surface area contributed by atoms with E-state index in [0.717, 1.165) is 17.6 Å². The molecule has 7 heteroatoms. The minimum absolute atomic E-state index is 0.0432. The van der Waals surface area contributed by atoms with Crippen molar-refractivity contribution in [2.24, 2.45) is 0 Å². The average molecular weight is 276 g/mol. The second-order valence-electron chi connectivity index (χ2n) is 3.21. The lowest BCUT2D eigenvalue weighted by molar-refractivity contribution is 0.108. The van der Waals surface area contributed by atoms with E-state index in [9.17, 15) is 13.2 Å². The number of sulfone groups is 1. The molecule has 0 radical (unpaired) electrons. The Morgan fingerprint density at radius 1 is 1.44 bits per heavy atom. The number of carbonyl (C=O) groups is 1. The number of carbonyl (C=O) groups excluding carboxylic acids is 1. The maximum Gasteiger partial charge on any atom is 0.252 e. The molecule has 0 aliphatic heterocycles. The van der Waals surface area contributed by atoms with Crippen LogP contribution in [0.5, 0.6) is 0 Å². The van der Waals surface area contributed by atoms with Gasteiger partial charge in [-0.2, -0.15) is 0 Å². The van der Waals surface area contributed by atoms with Crippen LogP contribution in [0.25, 0.3) is 10.2 Å². The molecule has 1 aromatic carbocycles. The number of hydrogen-bond acceptors (Lipinski definition) is 5. The lowest BCUT2D eigenvalue weighted by Crippen LogP contribution is -1.94. The van der Waals surface area contributed by atoms with Crippen molar-refractivity contribution < 1.29 is 13.2 Å². The molecule has 0 bridgehead atoms. The Kier molecular flexibility index (Phi) is 2.73. The molecule has 2 aromatic rings. The van der Waals surface area contributed by atoms with Crippen molar-refractivity contribution in [2.45, 2.75) is 4.34 Å². The second kappa shape index (κ2) is 3.80. The molecule has 0 unspecified atom stereocenters. The molecule has 0 N–H and O–H groups in total. The standard InChI is InChI=1S/C9H6ClNO3S2/c1-16(13,14)9-11-6-3-2-5(8(10)12)4-7(6)15-9/h2-4H,1H3. The van der Waals surface area contributed by atoms with E-state index in [1.54, 1.807) is 6.07 Å². The molecule has 2 rings (SSSR count). The van der Waals surface area contributed by atoms with Crippen molar-refractivity contribution in [3.63, 3.8) is 0 Å². The van der Waals surface area contributed by atoms with Crippen molar-refractivity contribution in [3.05, 3.63) is 23.8 Å². The number of hydrogen-bond donors (Lipinski definition) is 0. The van der Waals surface area contributed by atoms with Gasteiger partial charge in [0.15, 0.2) is 0 Å². The van der Waals surface area contributed by atoms with Crippen LogP contribution >= 0.6 is 22.9 Å². The predicted octanol–water partition coefficient (Wildman–Crippen LogP) is 2.08. The number of rotatable bonds is 2. The first-order chi connectivity index (χ1) is 7.38. The van der Waals surface area contributed by atoms with Gasteiger partial charge in [0, 0.05) is 11.8 Å². The zero-order chi connectivity index (χ0) is 11.9. The maximum absolute atomic E-state index is 11.3. The SMILES string of the molecule is CS(=O)(=O)c1nc2ccc(C(=O)Cl)cc2s1. The molecule has 4 nitrogen and oxygen atoms in total. The monoisotopic (exact) mass is 275 g/mol. The second-order valence-corrected chi connectivity index (χ2v) is 6.77. The van der Waals surface area contributed by atoms with Gasteiger partial charge in [-0.25, -0.2) is 13.4 Å². The highest BCUT2D eigenvalue weighted by atomic mass is 35.5. The Morgan fingerprint density at radius 3 is 2.69 bits per heavy atom. The van der Waals surface area contributed by atoms with E-state index in [-0.39, 0.29) is 4.34 Å². The van der Waals surface area contributed by atoms with Crippen LogP contribution in [0.2, 0.25) is 0 Å². The van der Waals surface area contributed by atoms with Crippen molar-refractivity contribution in [1.82, 2.24) is 4.98 Å². The summed E-state index contributed by atoms with van der Waals surface area (Å²) in [5.74, 6) is 0. The third-order valence-electron chi connectivity index (χ3n) is 1.91. The van der Waals surface area contributed by atoms with Gasteiger partial charge in [-0.15, -0.1) is 11.3 Å². The van der Waals surface area contributed by atoms with Crippen LogP contribution in [0.4, 0.5) is 0 Å². The number of fused-ring (bicyclic) bond motifs is 1. The lowest BCUT2D eigenvalue weighted by atomic mass is 10.2. The average Bonchev–Trinajstić information content (AvgIpc) is 2.58. The topological polar surface area (TPSA) is 64.1 Å². The summed E-state index contributed by atoms with van der Waals surface area (Å²) in [5.41, 5.74) is 0.880. The Hall–Kier alpha value is -0.980. The summed E-state index contributed by atoms with van der Waals surface area (Å²) in [5, 5.41) is -0.573. The summed E-state index contributed by atoms with van der Waals surface area (Å²) in [6.45, 7) is 0. The zero-order valence-corrected chi connectivity index (χ0v) is 10.5. The van der Waals surface area contributed by atoms with Crippen LogP contribution in [0, 0.1) is 0 Å². The van der Waals surface area contributed by atoms with Gasteiger partial charge in [-0.3, -0.25) is 4.79 Å². The predicted molar refractivity (Wildman–Crippen MR) is 62.9 cm³/mol. The van der Waals surface area contributed by atoms with Gasteiger partial charge in [-0.1, -0.05) is 0 Å². The van der Waals surface area contributed by atoms with E-state index >= 15 is 0 Å². The molecule has 0 amide bonds. The summed E-state index contributed by atoms with van der Waals surface area (Å²) in [4.78, 5) is 14.9. The summed E-state index contributed by atoms with van der Waals surface area (Å²) >= 11 is 6.35. The molecule has 0 aliphatic rings. The van der Waals surface area contributed by atoms with E-state index in [0.29, 0.717) is 15.8 Å². The number of aromatic nitrogens is 1. The van der Waals surface area contributed by atoms with Crippen LogP contribution in [0.1, 0.15) is 10.4 Å². The summed E-state index contributed by atoms with van der Waals surface area (Å²) in [6, 6.07) is 4.64. The smallest absolute Gasteiger partial charge is 0.252 e. The first-order valence-corrected chi connectivity index (χ1v) is 7.27. The molecule has 0 fully saturated rings. The third-order valence-corrected chi connectivity index (χ3v) is 4.83.